The lowest BCUT2D eigenvalue weighted by molar-refractivity contribution is -0.137. The molecule has 0 atom stereocenters. The number of hydrogen-bond acceptors (Lipinski definition) is 2. The molecular formula is C14H25F3O2. The lowest BCUT2D eigenvalue weighted by Crippen LogP contribution is -2.01. The van der Waals surface area contributed by atoms with E-state index in [2.05, 4.69) is 13.5 Å². The minimum absolute atomic E-state index is 0.188. The monoisotopic (exact) mass is 282 g/mol. The topological polar surface area (TPSA) is 26.3 Å². The summed E-state index contributed by atoms with van der Waals surface area (Å²) in [6, 6.07) is 0. The van der Waals surface area contributed by atoms with Gasteiger partial charge in [-0.1, -0.05) is 52.0 Å². The number of carbonyl (C=O) groups is 1. The third-order valence-electron chi connectivity index (χ3n) is 2.16. The number of halogens is 3. The van der Waals surface area contributed by atoms with E-state index in [1.807, 2.05) is 0 Å². The Kier molecular flexibility index (Phi) is 14.4. The highest BCUT2D eigenvalue weighted by molar-refractivity contribution is 5.81. The summed E-state index contributed by atoms with van der Waals surface area (Å²) in [5.74, 6) is -0.309. The number of hydrogen-bond donors (Lipinski definition) is 0. The van der Waals surface area contributed by atoms with Gasteiger partial charge in [-0.25, -0.2) is 4.79 Å². The molecule has 0 aliphatic carbocycles. The molecule has 0 saturated carbocycles. The fraction of sp³-hybridized carbons (Fsp3) is 0.786. The predicted octanol–water partition coefficient (Wildman–Crippen LogP) is 5.03. The van der Waals surface area contributed by atoms with Crippen molar-refractivity contribution in [2.45, 2.75) is 65.0 Å². The van der Waals surface area contributed by atoms with E-state index in [0.717, 1.165) is 12.8 Å². The number of ether oxygens (including phenoxy) is 1. The van der Waals surface area contributed by atoms with Gasteiger partial charge in [0.1, 0.15) is 0 Å². The van der Waals surface area contributed by atoms with Crippen LogP contribution < -0.4 is 0 Å². The Morgan fingerprint density at radius 1 is 1.11 bits per heavy atom. The van der Waals surface area contributed by atoms with Crippen LogP contribution in [0.25, 0.3) is 0 Å². The maximum Gasteiger partial charge on any atom is 0.386 e. The number of unbranched alkanes of at least 4 members (excludes halogenated alkanes) is 6. The Balaban J connectivity index is 0. The molecule has 0 radical (unpaired) electrons. The predicted molar refractivity (Wildman–Crippen MR) is 70.9 cm³/mol. The molecule has 0 aromatic rings. The van der Waals surface area contributed by atoms with Crippen molar-refractivity contribution in [1.29, 1.82) is 0 Å². The summed E-state index contributed by atoms with van der Waals surface area (Å²) in [6.45, 7) is 6.28. The molecule has 0 bridgehead atoms. The molecule has 0 N–H and O–H groups in total. The molecule has 0 fully saturated rings. The Labute approximate surface area is 114 Å². The van der Waals surface area contributed by atoms with Crippen molar-refractivity contribution in [3.8, 4) is 0 Å². The third-order valence-corrected chi connectivity index (χ3v) is 2.16. The van der Waals surface area contributed by atoms with Crippen LogP contribution in [0.5, 0.6) is 0 Å². The third kappa shape index (κ3) is 31.6. The molecule has 19 heavy (non-hydrogen) atoms. The van der Waals surface area contributed by atoms with Crippen LogP contribution in [0.2, 0.25) is 0 Å². The molecule has 0 rings (SSSR count). The highest BCUT2D eigenvalue weighted by Crippen LogP contribution is 2.10. The molecule has 2 nitrogen and oxygen atoms in total. The molecule has 0 aliphatic heterocycles. The van der Waals surface area contributed by atoms with Crippen LogP contribution in [-0.4, -0.2) is 18.8 Å². The normalized spacial score (nSPS) is 10.4. The van der Waals surface area contributed by atoms with E-state index >= 15 is 0 Å². The van der Waals surface area contributed by atoms with Gasteiger partial charge in [0.05, 0.1) is 6.61 Å². The number of rotatable bonds is 9. The largest absolute Gasteiger partial charge is 0.463 e. The highest BCUT2D eigenvalue weighted by atomic mass is 19.4. The molecular weight excluding hydrogens is 257 g/mol. The van der Waals surface area contributed by atoms with Gasteiger partial charge >= 0.3 is 12.1 Å². The Morgan fingerprint density at radius 3 is 1.95 bits per heavy atom. The van der Waals surface area contributed by atoms with Crippen LogP contribution in [0.15, 0.2) is 12.7 Å². The Hall–Kier alpha value is -1.00. The van der Waals surface area contributed by atoms with Crippen LogP contribution in [0.4, 0.5) is 13.2 Å². The molecule has 0 aliphatic rings. The summed E-state index contributed by atoms with van der Waals surface area (Å²) < 4.78 is 35.9. The van der Waals surface area contributed by atoms with Crippen molar-refractivity contribution in [3.05, 3.63) is 12.7 Å². The summed E-state index contributed by atoms with van der Waals surface area (Å²) in [5.41, 5.74) is 0. The van der Waals surface area contributed by atoms with Crippen molar-refractivity contribution in [3.63, 3.8) is 0 Å². The van der Waals surface area contributed by atoms with Crippen molar-refractivity contribution in [2.75, 3.05) is 6.61 Å². The first-order valence-corrected chi connectivity index (χ1v) is 6.67. The smallest absolute Gasteiger partial charge is 0.386 e. The molecule has 0 aromatic heterocycles. The lowest BCUT2D eigenvalue weighted by Gasteiger charge is -2.01. The van der Waals surface area contributed by atoms with E-state index in [1.54, 1.807) is 0 Å². The molecule has 0 amide bonds. The zero-order valence-electron chi connectivity index (χ0n) is 11.9. The van der Waals surface area contributed by atoms with Crippen LogP contribution >= 0.6 is 0 Å². The SMILES string of the molecule is C=CC(=O)OCCCCCCCCC.CC(F)(F)F. The van der Waals surface area contributed by atoms with Crippen LogP contribution in [-0.2, 0) is 9.53 Å². The quantitative estimate of drug-likeness (QED) is 0.336. The number of alkyl halides is 3. The van der Waals surface area contributed by atoms with Crippen LogP contribution in [0.1, 0.15) is 58.8 Å². The molecule has 0 aromatic carbocycles. The number of esters is 1. The second-order valence-electron chi connectivity index (χ2n) is 4.27. The van der Waals surface area contributed by atoms with Crippen molar-refractivity contribution in [1.82, 2.24) is 0 Å². The van der Waals surface area contributed by atoms with Gasteiger partial charge in [0, 0.05) is 13.0 Å². The van der Waals surface area contributed by atoms with Gasteiger partial charge in [0.2, 0.25) is 0 Å². The van der Waals surface area contributed by atoms with Gasteiger partial charge in [0.15, 0.2) is 0 Å². The van der Waals surface area contributed by atoms with E-state index in [-0.39, 0.29) is 12.9 Å². The lowest BCUT2D eigenvalue weighted by atomic mass is 10.1. The van der Waals surface area contributed by atoms with Crippen LogP contribution in [0, 0.1) is 0 Å². The first-order chi connectivity index (χ1) is 8.81. The zero-order chi connectivity index (χ0) is 15.1. The maximum absolute atomic E-state index is 10.6. The van der Waals surface area contributed by atoms with Crippen molar-refractivity contribution < 1.29 is 22.7 Å². The van der Waals surface area contributed by atoms with E-state index in [4.69, 9.17) is 4.74 Å². The zero-order valence-corrected chi connectivity index (χ0v) is 11.9. The molecule has 0 spiro atoms. The fourth-order valence-electron chi connectivity index (χ4n) is 1.29. The summed E-state index contributed by atoms with van der Waals surface area (Å²) in [7, 11) is 0. The van der Waals surface area contributed by atoms with E-state index < -0.39 is 6.18 Å². The highest BCUT2D eigenvalue weighted by Gasteiger charge is 2.15. The second-order valence-corrected chi connectivity index (χ2v) is 4.27. The molecule has 0 saturated heterocycles. The standard InChI is InChI=1S/C12H22O2.C2H3F3/c1-3-5-6-7-8-9-10-11-14-12(13)4-2;1-2(3,4)5/h4H,2-3,5-11H2,1H3;1H3. The maximum atomic E-state index is 10.6. The van der Waals surface area contributed by atoms with Crippen molar-refractivity contribution in [2.24, 2.45) is 0 Å². The van der Waals surface area contributed by atoms with Gasteiger partial charge in [-0.15, -0.1) is 0 Å². The summed E-state index contributed by atoms with van der Waals surface area (Å²) >= 11 is 0. The van der Waals surface area contributed by atoms with Gasteiger partial charge in [-0.3, -0.25) is 0 Å². The average Bonchev–Trinajstić information content (AvgIpc) is 2.30. The van der Waals surface area contributed by atoms with Crippen molar-refractivity contribution >= 4 is 5.97 Å². The summed E-state index contributed by atoms with van der Waals surface area (Å²) in [6.07, 6.45) is 5.88. The summed E-state index contributed by atoms with van der Waals surface area (Å²) in [4.78, 5) is 10.6. The number of carbonyl (C=O) groups excluding carboxylic acids is 1. The van der Waals surface area contributed by atoms with E-state index in [9.17, 15) is 18.0 Å². The molecule has 0 unspecified atom stereocenters. The van der Waals surface area contributed by atoms with Gasteiger partial charge in [0.25, 0.3) is 0 Å². The Bertz CT molecular complexity index is 219. The van der Waals surface area contributed by atoms with Gasteiger partial charge in [-0.05, 0) is 6.42 Å². The minimum atomic E-state index is -4.00. The molecule has 5 heteroatoms. The summed E-state index contributed by atoms with van der Waals surface area (Å²) in [5, 5.41) is 0. The molecule has 114 valence electrons. The first-order valence-electron chi connectivity index (χ1n) is 6.67. The second kappa shape index (κ2) is 13.4. The van der Waals surface area contributed by atoms with Gasteiger partial charge < -0.3 is 4.74 Å². The fourth-order valence-corrected chi connectivity index (χ4v) is 1.29. The van der Waals surface area contributed by atoms with Crippen LogP contribution in [0.3, 0.4) is 0 Å². The average molecular weight is 282 g/mol. The minimum Gasteiger partial charge on any atom is -0.463 e. The Morgan fingerprint density at radius 2 is 1.53 bits per heavy atom. The molecule has 0 heterocycles. The van der Waals surface area contributed by atoms with E-state index in [0.29, 0.717) is 6.61 Å². The first kappa shape index (κ1) is 20.3. The van der Waals surface area contributed by atoms with E-state index in [1.165, 1.54) is 38.2 Å². The van der Waals surface area contributed by atoms with Gasteiger partial charge in [-0.2, -0.15) is 13.2 Å².